The number of carbonyl (C=O) groups is 1. The maximum absolute atomic E-state index is 11.8. The summed E-state index contributed by atoms with van der Waals surface area (Å²) in [7, 11) is 0. The maximum Gasteiger partial charge on any atom is 0.355 e. The molecule has 0 amide bonds. The van der Waals surface area contributed by atoms with Crippen molar-refractivity contribution >= 4 is 11.7 Å². The number of aliphatic hydroxyl groups excluding tert-OH is 1. The number of aliphatic hydroxyl groups is 1. The van der Waals surface area contributed by atoms with E-state index in [1.807, 2.05) is 11.5 Å². The molecule has 0 fully saturated rings. The molecule has 1 aromatic rings. The lowest BCUT2D eigenvalue weighted by Crippen LogP contribution is -2.12. The highest BCUT2D eigenvalue weighted by atomic mass is 16.5. The molecule has 0 saturated heterocycles. The summed E-state index contributed by atoms with van der Waals surface area (Å²) in [5, 5.41) is 8.63. The zero-order valence-electron chi connectivity index (χ0n) is 10.9. The molecular weight excluding hydrogens is 232 g/mol. The van der Waals surface area contributed by atoms with Gasteiger partial charge in [0.25, 0.3) is 0 Å². The molecule has 0 saturated carbocycles. The molecule has 0 atom stereocenters. The smallest absolute Gasteiger partial charge is 0.355 e. The zero-order chi connectivity index (χ0) is 13.4. The Bertz CT molecular complexity index is 374. The number of carbonyl (C=O) groups excluding carboxylic acids is 1. The Morgan fingerprint density at radius 1 is 1.44 bits per heavy atom. The summed E-state index contributed by atoms with van der Waals surface area (Å²) in [6.45, 7) is 3.37. The van der Waals surface area contributed by atoms with Gasteiger partial charge in [0.2, 0.25) is 0 Å². The van der Waals surface area contributed by atoms with Crippen molar-refractivity contribution in [2.24, 2.45) is 0 Å². The molecule has 0 unspecified atom stereocenters. The topological polar surface area (TPSA) is 77.5 Å². The normalized spacial score (nSPS) is 10.6. The number of nitrogen functional groups attached to an aromatic ring is 1. The fourth-order valence-corrected chi connectivity index (χ4v) is 1.76. The Morgan fingerprint density at radius 2 is 2.22 bits per heavy atom. The molecule has 1 heterocycles. The van der Waals surface area contributed by atoms with Gasteiger partial charge in [0.05, 0.1) is 12.3 Å². The molecule has 102 valence electrons. The summed E-state index contributed by atoms with van der Waals surface area (Å²) in [6, 6.07) is 1.64. The minimum Gasteiger partial charge on any atom is -0.461 e. The van der Waals surface area contributed by atoms with E-state index in [1.165, 1.54) is 0 Å². The number of anilines is 1. The van der Waals surface area contributed by atoms with Crippen molar-refractivity contribution < 1.29 is 14.6 Å². The van der Waals surface area contributed by atoms with Gasteiger partial charge in [-0.15, -0.1) is 0 Å². The number of aryl methyl sites for hydroxylation is 1. The number of nitrogens with zero attached hydrogens (tertiary/aromatic N) is 1. The molecule has 0 bridgehead atoms. The number of aromatic nitrogens is 1. The van der Waals surface area contributed by atoms with Crippen LogP contribution in [-0.4, -0.2) is 28.9 Å². The van der Waals surface area contributed by atoms with E-state index in [-0.39, 0.29) is 12.6 Å². The molecule has 0 spiro atoms. The van der Waals surface area contributed by atoms with E-state index in [2.05, 4.69) is 0 Å². The highest BCUT2D eigenvalue weighted by molar-refractivity contribution is 5.89. The van der Waals surface area contributed by atoms with Crippen LogP contribution >= 0.6 is 0 Å². The van der Waals surface area contributed by atoms with E-state index in [1.54, 1.807) is 12.3 Å². The van der Waals surface area contributed by atoms with Crippen molar-refractivity contribution in [3.63, 3.8) is 0 Å². The monoisotopic (exact) mass is 254 g/mol. The number of rotatable bonds is 8. The third-order valence-electron chi connectivity index (χ3n) is 2.63. The first-order valence-electron chi connectivity index (χ1n) is 6.42. The molecule has 5 heteroatoms. The van der Waals surface area contributed by atoms with Crippen LogP contribution in [0.2, 0.25) is 0 Å². The zero-order valence-corrected chi connectivity index (χ0v) is 10.9. The van der Waals surface area contributed by atoms with Gasteiger partial charge in [-0.25, -0.2) is 4.79 Å². The van der Waals surface area contributed by atoms with E-state index in [0.29, 0.717) is 18.0 Å². The van der Waals surface area contributed by atoms with Crippen molar-refractivity contribution in [1.82, 2.24) is 4.57 Å². The highest BCUT2D eigenvalue weighted by Gasteiger charge is 2.13. The van der Waals surface area contributed by atoms with Crippen LogP contribution in [0.1, 0.15) is 43.1 Å². The molecule has 0 aliphatic heterocycles. The van der Waals surface area contributed by atoms with E-state index >= 15 is 0 Å². The molecule has 5 nitrogen and oxygen atoms in total. The fraction of sp³-hybridized carbons (Fsp3) is 0.615. The van der Waals surface area contributed by atoms with Gasteiger partial charge in [-0.05, 0) is 31.7 Å². The third kappa shape index (κ3) is 4.41. The number of hydrogen-bond donors (Lipinski definition) is 2. The van der Waals surface area contributed by atoms with Crippen LogP contribution in [-0.2, 0) is 11.3 Å². The lowest BCUT2D eigenvalue weighted by molar-refractivity contribution is 0.0484. The van der Waals surface area contributed by atoms with Gasteiger partial charge < -0.3 is 20.1 Å². The molecule has 0 radical (unpaired) electrons. The van der Waals surface area contributed by atoms with Crippen molar-refractivity contribution in [3.05, 3.63) is 18.0 Å². The van der Waals surface area contributed by atoms with Gasteiger partial charge >= 0.3 is 5.97 Å². The van der Waals surface area contributed by atoms with Gasteiger partial charge in [0, 0.05) is 19.3 Å². The van der Waals surface area contributed by atoms with Crippen molar-refractivity contribution in [2.45, 2.75) is 39.2 Å². The fourth-order valence-electron chi connectivity index (χ4n) is 1.76. The van der Waals surface area contributed by atoms with Gasteiger partial charge in [-0.3, -0.25) is 0 Å². The maximum atomic E-state index is 11.8. The Hall–Kier alpha value is -1.49. The number of hydrogen-bond acceptors (Lipinski definition) is 4. The molecule has 3 N–H and O–H groups in total. The van der Waals surface area contributed by atoms with E-state index in [0.717, 1.165) is 32.2 Å². The second-order valence-electron chi connectivity index (χ2n) is 4.27. The molecule has 0 aromatic carbocycles. The highest BCUT2D eigenvalue weighted by Crippen LogP contribution is 2.13. The first kappa shape index (κ1) is 14.6. The summed E-state index contributed by atoms with van der Waals surface area (Å²) in [4.78, 5) is 11.8. The molecule has 18 heavy (non-hydrogen) atoms. The standard InChI is InChI=1S/C13H22N2O3/c1-2-6-15-10-11(14)9-12(15)13(17)18-8-5-3-4-7-16/h9-10,16H,2-8,14H2,1H3. The Kier molecular flexibility index (Phi) is 6.28. The van der Waals surface area contributed by atoms with E-state index < -0.39 is 0 Å². The van der Waals surface area contributed by atoms with Crippen LogP contribution in [0.5, 0.6) is 0 Å². The number of unbranched alkanes of at least 4 members (excludes halogenated alkanes) is 2. The van der Waals surface area contributed by atoms with Gasteiger partial charge in [0.1, 0.15) is 5.69 Å². The first-order valence-corrected chi connectivity index (χ1v) is 6.42. The van der Waals surface area contributed by atoms with Crippen LogP contribution in [0, 0.1) is 0 Å². The number of nitrogens with two attached hydrogens (primary N) is 1. The SMILES string of the molecule is CCCn1cc(N)cc1C(=O)OCCCCCO. The predicted octanol–water partition coefficient (Wildman–Crippen LogP) is 1.80. The van der Waals surface area contributed by atoms with Gasteiger partial charge in [0.15, 0.2) is 0 Å². The van der Waals surface area contributed by atoms with Gasteiger partial charge in [-0.2, -0.15) is 0 Å². The van der Waals surface area contributed by atoms with E-state index in [4.69, 9.17) is 15.6 Å². The molecule has 0 aliphatic carbocycles. The number of ether oxygens (including phenoxy) is 1. The van der Waals surface area contributed by atoms with Crippen LogP contribution < -0.4 is 5.73 Å². The Balaban J connectivity index is 2.45. The van der Waals surface area contributed by atoms with Crippen LogP contribution in [0.3, 0.4) is 0 Å². The van der Waals surface area contributed by atoms with Gasteiger partial charge in [-0.1, -0.05) is 6.92 Å². The minimum atomic E-state index is -0.329. The third-order valence-corrected chi connectivity index (χ3v) is 2.63. The quantitative estimate of drug-likeness (QED) is 0.548. The Morgan fingerprint density at radius 3 is 2.89 bits per heavy atom. The molecule has 1 aromatic heterocycles. The molecular formula is C13H22N2O3. The van der Waals surface area contributed by atoms with Crippen molar-refractivity contribution in [3.8, 4) is 0 Å². The lowest BCUT2D eigenvalue weighted by atomic mass is 10.2. The van der Waals surface area contributed by atoms with Crippen molar-refractivity contribution in [2.75, 3.05) is 18.9 Å². The number of esters is 1. The Labute approximate surface area is 108 Å². The molecule has 0 aliphatic rings. The summed E-state index contributed by atoms with van der Waals surface area (Å²) in [5.74, 6) is -0.329. The first-order chi connectivity index (χ1) is 8.69. The van der Waals surface area contributed by atoms with Crippen LogP contribution in [0.4, 0.5) is 5.69 Å². The summed E-state index contributed by atoms with van der Waals surface area (Å²) < 4.78 is 7.00. The lowest BCUT2D eigenvalue weighted by Gasteiger charge is -2.07. The molecule has 1 rings (SSSR count). The average Bonchev–Trinajstić information content (AvgIpc) is 2.70. The average molecular weight is 254 g/mol. The largest absolute Gasteiger partial charge is 0.461 e. The van der Waals surface area contributed by atoms with Crippen LogP contribution in [0.25, 0.3) is 0 Å². The summed E-state index contributed by atoms with van der Waals surface area (Å²) in [6.07, 6.45) is 5.08. The summed E-state index contributed by atoms with van der Waals surface area (Å²) in [5.41, 5.74) is 6.78. The van der Waals surface area contributed by atoms with E-state index in [9.17, 15) is 4.79 Å². The second kappa shape index (κ2) is 7.76. The van der Waals surface area contributed by atoms with Crippen molar-refractivity contribution in [1.29, 1.82) is 0 Å². The van der Waals surface area contributed by atoms with Crippen LogP contribution in [0.15, 0.2) is 12.3 Å². The minimum absolute atomic E-state index is 0.184. The summed E-state index contributed by atoms with van der Waals surface area (Å²) >= 11 is 0. The second-order valence-corrected chi connectivity index (χ2v) is 4.27. The predicted molar refractivity (Wildman–Crippen MR) is 70.4 cm³/mol.